The van der Waals surface area contributed by atoms with Gasteiger partial charge in [0.05, 0.1) is 0 Å². The highest BCUT2D eigenvalue weighted by molar-refractivity contribution is 5.82. The second-order valence-electron chi connectivity index (χ2n) is 4.12. The van der Waals surface area contributed by atoms with Crippen LogP contribution in [0.2, 0.25) is 0 Å². The number of rotatable bonds is 7. The van der Waals surface area contributed by atoms with E-state index in [0.29, 0.717) is 19.5 Å². The molecule has 0 radical (unpaired) electrons. The fraction of sp³-hybridized carbons (Fsp3) is 0.385. The molecule has 0 bridgehead atoms. The molecule has 0 saturated carbocycles. The summed E-state index contributed by atoms with van der Waals surface area (Å²) in [6.07, 6.45) is 0.907. The molecule has 1 rings (SSSR count). The van der Waals surface area contributed by atoms with Gasteiger partial charge in [-0.3, -0.25) is 0 Å². The monoisotopic (exact) mass is 265 g/mol. The number of aliphatic carboxylic acids is 1. The molecule has 0 aromatic heterocycles. The third kappa shape index (κ3) is 5.87. The average Bonchev–Trinajstić information content (AvgIpc) is 2.39. The molecule has 6 nitrogen and oxygen atoms in total. The molecular formula is C13H19N3O3. The van der Waals surface area contributed by atoms with E-state index in [9.17, 15) is 9.59 Å². The second-order valence-corrected chi connectivity index (χ2v) is 4.12. The van der Waals surface area contributed by atoms with Gasteiger partial charge in [0.25, 0.3) is 0 Å². The van der Waals surface area contributed by atoms with Crippen LogP contribution < -0.4 is 16.4 Å². The zero-order valence-corrected chi connectivity index (χ0v) is 10.6. The minimum absolute atomic E-state index is 0.250. The van der Waals surface area contributed by atoms with Crippen LogP contribution in [0.15, 0.2) is 30.3 Å². The van der Waals surface area contributed by atoms with Gasteiger partial charge in [-0.25, -0.2) is 9.59 Å². The number of carbonyl (C=O) groups excluding carboxylic acids is 1. The SMILES string of the molecule is NCCCNC(=O)N[C@H](Cc1ccccc1)C(=O)O. The fourth-order valence-electron chi connectivity index (χ4n) is 1.56. The topological polar surface area (TPSA) is 104 Å². The van der Waals surface area contributed by atoms with Gasteiger partial charge < -0.3 is 21.5 Å². The molecule has 5 N–H and O–H groups in total. The van der Waals surface area contributed by atoms with Crippen LogP contribution in [-0.2, 0) is 11.2 Å². The number of benzene rings is 1. The zero-order valence-electron chi connectivity index (χ0n) is 10.6. The molecule has 0 saturated heterocycles. The minimum Gasteiger partial charge on any atom is -0.480 e. The van der Waals surface area contributed by atoms with Crippen molar-refractivity contribution in [1.29, 1.82) is 0 Å². The number of carbonyl (C=O) groups is 2. The summed E-state index contributed by atoms with van der Waals surface area (Å²) in [7, 11) is 0. The summed E-state index contributed by atoms with van der Waals surface area (Å²) in [5.74, 6) is -1.06. The Hall–Kier alpha value is -2.08. The van der Waals surface area contributed by atoms with Gasteiger partial charge in [-0.1, -0.05) is 30.3 Å². The van der Waals surface area contributed by atoms with E-state index >= 15 is 0 Å². The van der Waals surface area contributed by atoms with E-state index in [4.69, 9.17) is 10.8 Å². The summed E-state index contributed by atoms with van der Waals surface area (Å²) in [6, 6.07) is 7.72. The van der Waals surface area contributed by atoms with Crippen molar-refractivity contribution in [3.63, 3.8) is 0 Å². The Morgan fingerprint density at radius 3 is 2.53 bits per heavy atom. The highest BCUT2D eigenvalue weighted by Gasteiger charge is 2.19. The molecule has 0 unspecified atom stereocenters. The molecular weight excluding hydrogens is 246 g/mol. The maximum atomic E-state index is 11.5. The Bertz CT molecular complexity index is 409. The molecule has 0 aliphatic rings. The predicted molar refractivity (Wildman–Crippen MR) is 71.8 cm³/mol. The number of carboxylic acid groups (broad SMARTS) is 1. The van der Waals surface area contributed by atoms with Gasteiger partial charge in [-0.15, -0.1) is 0 Å². The number of nitrogens with two attached hydrogens (primary N) is 1. The Morgan fingerprint density at radius 1 is 1.26 bits per heavy atom. The van der Waals surface area contributed by atoms with Gasteiger partial charge in [0.15, 0.2) is 0 Å². The highest BCUT2D eigenvalue weighted by atomic mass is 16.4. The van der Waals surface area contributed by atoms with E-state index in [2.05, 4.69) is 10.6 Å². The van der Waals surface area contributed by atoms with Gasteiger partial charge in [-0.05, 0) is 18.5 Å². The van der Waals surface area contributed by atoms with Crippen LogP contribution in [0.25, 0.3) is 0 Å². The first-order valence-electron chi connectivity index (χ1n) is 6.14. The van der Waals surface area contributed by atoms with E-state index in [-0.39, 0.29) is 6.42 Å². The fourth-order valence-corrected chi connectivity index (χ4v) is 1.56. The first-order chi connectivity index (χ1) is 9.13. The van der Waals surface area contributed by atoms with Crippen molar-refractivity contribution in [2.24, 2.45) is 5.73 Å². The van der Waals surface area contributed by atoms with Crippen molar-refractivity contribution >= 4 is 12.0 Å². The molecule has 0 fully saturated rings. The molecule has 19 heavy (non-hydrogen) atoms. The predicted octanol–water partition coefficient (Wildman–Crippen LogP) is 0.330. The van der Waals surface area contributed by atoms with Crippen molar-refractivity contribution in [3.05, 3.63) is 35.9 Å². The second kappa shape index (κ2) is 8.10. The summed E-state index contributed by atoms with van der Waals surface area (Å²) < 4.78 is 0. The molecule has 0 aliphatic carbocycles. The van der Waals surface area contributed by atoms with Gasteiger partial charge in [0.2, 0.25) is 0 Å². The van der Waals surface area contributed by atoms with Crippen LogP contribution in [0.1, 0.15) is 12.0 Å². The lowest BCUT2D eigenvalue weighted by atomic mass is 10.1. The Labute approximate surface area is 112 Å². The first kappa shape index (κ1) is 15.0. The average molecular weight is 265 g/mol. The van der Waals surface area contributed by atoms with Crippen LogP contribution in [0.5, 0.6) is 0 Å². The number of amides is 2. The lowest BCUT2D eigenvalue weighted by Gasteiger charge is -2.15. The maximum absolute atomic E-state index is 11.5. The van der Waals surface area contributed by atoms with Crippen molar-refractivity contribution in [1.82, 2.24) is 10.6 Å². The smallest absolute Gasteiger partial charge is 0.326 e. The molecule has 2 amide bonds. The summed E-state index contributed by atoms with van der Waals surface area (Å²) in [4.78, 5) is 22.6. The van der Waals surface area contributed by atoms with E-state index in [0.717, 1.165) is 5.56 Å². The first-order valence-corrected chi connectivity index (χ1v) is 6.14. The summed E-state index contributed by atoms with van der Waals surface area (Å²) in [6.45, 7) is 0.909. The van der Waals surface area contributed by atoms with Crippen LogP contribution in [0.3, 0.4) is 0 Å². The van der Waals surface area contributed by atoms with Crippen molar-refractivity contribution < 1.29 is 14.7 Å². The molecule has 6 heteroatoms. The lowest BCUT2D eigenvalue weighted by molar-refractivity contribution is -0.139. The van der Waals surface area contributed by atoms with Crippen molar-refractivity contribution in [3.8, 4) is 0 Å². The van der Waals surface area contributed by atoms with Crippen LogP contribution in [-0.4, -0.2) is 36.2 Å². The standard InChI is InChI=1S/C13H19N3O3/c14-7-4-8-15-13(19)16-11(12(17)18)9-10-5-2-1-3-6-10/h1-3,5-6,11H,4,7-9,14H2,(H,17,18)(H2,15,16,19)/t11-/m1/s1. The van der Waals surface area contributed by atoms with E-state index in [1.165, 1.54) is 0 Å². The number of hydrogen-bond donors (Lipinski definition) is 4. The van der Waals surface area contributed by atoms with Crippen molar-refractivity contribution in [2.75, 3.05) is 13.1 Å². The summed E-state index contributed by atoms with van der Waals surface area (Å²) in [5, 5.41) is 14.1. The van der Waals surface area contributed by atoms with E-state index in [1.807, 2.05) is 30.3 Å². The Kier molecular flexibility index (Phi) is 6.38. The molecule has 0 spiro atoms. The molecule has 104 valence electrons. The third-order valence-corrected chi connectivity index (χ3v) is 2.55. The van der Waals surface area contributed by atoms with Gasteiger partial charge in [-0.2, -0.15) is 0 Å². The van der Waals surface area contributed by atoms with Crippen molar-refractivity contribution in [2.45, 2.75) is 18.9 Å². The number of hydrogen-bond acceptors (Lipinski definition) is 3. The Morgan fingerprint density at radius 2 is 1.95 bits per heavy atom. The van der Waals surface area contributed by atoms with E-state index < -0.39 is 18.0 Å². The zero-order chi connectivity index (χ0) is 14.1. The molecule has 0 heterocycles. The number of carboxylic acids is 1. The van der Waals surface area contributed by atoms with Gasteiger partial charge in [0, 0.05) is 13.0 Å². The number of urea groups is 1. The molecule has 1 aromatic carbocycles. The quantitative estimate of drug-likeness (QED) is 0.533. The largest absolute Gasteiger partial charge is 0.480 e. The summed E-state index contributed by atoms with van der Waals surface area (Å²) >= 11 is 0. The summed E-state index contributed by atoms with van der Waals surface area (Å²) in [5.41, 5.74) is 6.16. The van der Waals surface area contributed by atoms with Gasteiger partial charge >= 0.3 is 12.0 Å². The molecule has 0 aliphatic heterocycles. The highest BCUT2D eigenvalue weighted by Crippen LogP contribution is 2.03. The number of nitrogens with one attached hydrogen (secondary N) is 2. The normalized spacial score (nSPS) is 11.6. The third-order valence-electron chi connectivity index (χ3n) is 2.55. The van der Waals surface area contributed by atoms with Crippen LogP contribution in [0.4, 0.5) is 4.79 Å². The van der Waals surface area contributed by atoms with Crippen LogP contribution in [0, 0.1) is 0 Å². The van der Waals surface area contributed by atoms with Crippen LogP contribution >= 0.6 is 0 Å². The minimum atomic E-state index is -1.06. The Balaban J connectivity index is 2.49. The lowest BCUT2D eigenvalue weighted by Crippen LogP contribution is -2.47. The molecule has 1 aromatic rings. The molecule has 1 atom stereocenters. The van der Waals surface area contributed by atoms with E-state index in [1.54, 1.807) is 0 Å². The maximum Gasteiger partial charge on any atom is 0.326 e. The van der Waals surface area contributed by atoms with Gasteiger partial charge in [0.1, 0.15) is 6.04 Å².